The van der Waals surface area contributed by atoms with Crippen LogP contribution in [0.25, 0.3) is 0 Å². The minimum Gasteiger partial charge on any atom is -0.343 e. The molecule has 18 heavy (non-hydrogen) atoms. The molecule has 1 amide bonds. The molecule has 0 aromatic rings. The van der Waals surface area contributed by atoms with Crippen LogP contribution in [0.4, 0.5) is 0 Å². The van der Waals surface area contributed by atoms with Crippen LogP contribution >= 0.6 is 0 Å². The van der Waals surface area contributed by atoms with E-state index >= 15 is 0 Å². The first-order valence-corrected chi connectivity index (χ1v) is 7.79. The van der Waals surface area contributed by atoms with Gasteiger partial charge >= 0.3 is 0 Å². The quantitative estimate of drug-likeness (QED) is 0.722. The van der Waals surface area contributed by atoms with Crippen molar-refractivity contribution in [2.75, 3.05) is 19.6 Å². The topological polar surface area (TPSA) is 32.3 Å². The molecule has 106 valence electrons. The van der Waals surface area contributed by atoms with E-state index in [0.29, 0.717) is 18.4 Å². The Bertz CT molecular complexity index is 219. The molecule has 0 unspecified atom stereocenters. The molecule has 0 aromatic carbocycles. The number of nitrogens with one attached hydrogen (secondary N) is 1. The van der Waals surface area contributed by atoms with Crippen LogP contribution in [0.3, 0.4) is 0 Å². The van der Waals surface area contributed by atoms with Crippen molar-refractivity contribution in [1.29, 1.82) is 0 Å². The van der Waals surface area contributed by atoms with Crippen LogP contribution in [0.1, 0.15) is 65.2 Å². The number of likely N-dealkylation sites (tertiary alicyclic amines) is 1. The van der Waals surface area contributed by atoms with E-state index in [4.69, 9.17) is 0 Å². The van der Waals surface area contributed by atoms with E-state index in [1.165, 1.54) is 44.9 Å². The van der Waals surface area contributed by atoms with E-state index in [1.807, 2.05) is 4.90 Å². The fourth-order valence-electron chi connectivity index (χ4n) is 2.73. The zero-order chi connectivity index (χ0) is 13.2. The first-order chi connectivity index (χ1) is 8.77. The summed E-state index contributed by atoms with van der Waals surface area (Å²) in [6.07, 6.45) is 9.23. The average Bonchev–Trinajstić information content (AvgIpc) is 2.40. The predicted molar refractivity (Wildman–Crippen MR) is 76.7 cm³/mol. The zero-order valence-corrected chi connectivity index (χ0v) is 12.2. The van der Waals surface area contributed by atoms with Crippen LogP contribution in [-0.2, 0) is 4.79 Å². The smallest absolute Gasteiger partial charge is 0.223 e. The number of carbonyl (C=O) groups excluding carboxylic acids is 1. The maximum Gasteiger partial charge on any atom is 0.223 e. The molecule has 1 fully saturated rings. The summed E-state index contributed by atoms with van der Waals surface area (Å²) in [6, 6.07) is 0.606. The van der Waals surface area contributed by atoms with Crippen molar-refractivity contribution in [3.8, 4) is 0 Å². The number of piperidine rings is 1. The van der Waals surface area contributed by atoms with Gasteiger partial charge in [0, 0.05) is 32.1 Å². The van der Waals surface area contributed by atoms with E-state index in [-0.39, 0.29) is 0 Å². The Morgan fingerprint density at radius 3 is 2.28 bits per heavy atom. The van der Waals surface area contributed by atoms with Crippen LogP contribution in [-0.4, -0.2) is 36.5 Å². The summed E-state index contributed by atoms with van der Waals surface area (Å²) in [7, 11) is 0. The maximum atomic E-state index is 12.0. The van der Waals surface area contributed by atoms with Crippen molar-refractivity contribution >= 4 is 5.91 Å². The Balaban J connectivity index is 2.16. The maximum absolute atomic E-state index is 12.0. The first kappa shape index (κ1) is 15.5. The molecule has 1 aliphatic rings. The Labute approximate surface area is 112 Å². The van der Waals surface area contributed by atoms with Gasteiger partial charge in [-0.2, -0.15) is 0 Å². The third-order valence-corrected chi connectivity index (χ3v) is 3.75. The van der Waals surface area contributed by atoms with Gasteiger partial charge in [-0.3, -0.25) is 4.79 Å². The van der Waals surface area contributed by atoms with Crippen molar-refractivity contribution in [1.82, 2.24) is 10.2 Å². The summed E-state index contributed by atoms with van der Waals surface area (Å²) in [6.45, 7) is 7.25. The van der Waals surface area contributed by atoms with E-state index in [1.54, 1.807) is 0 Å². The second-order valence-electron chi connectivity index (χ2n) is 5.42. The summed E-state index contributed by atoms with van der Waals surface area (Å²) in [5.41, 5.74) is 0. The normalized spacial score (nSPS) is 16.3. The number of amides is 1. The Morgan fingerprint density at radius 2 is 1.72 bits per heavy atom. The number of rotatable bonds is 8. The van der Waals surface area contributed by atoms with Gasteiger partial charge in [0.05, 0.1) is 0 Å². The molecule has 0 spiro atoms. The van der Waals surface area contributed by atoms with Gasteiger partial charge in [0.25, 0.3) is 0 Å². The zero-order valence-electron chi connectivity index (χ0n) is 12.2. The summed E-state index contributed by atoms with van der Waals surface area (Å²) >= 11 is 0. The lowest BCUT2D eigenvalue weighted by atomic mass is 10.1. The lowest BCUT2D eigenvalue weighted by Gasteiger charge is -2.27. The third kappa shape index (κ3) is 5.85. The molecule has 0 radical (unpaired) electrons. The highest BCUT2D eigenvalue weighted by Crippen LogP contribution is 2.10. The minimum absolute atomic E-state index is 0.342. The largest absolute Gasteiger partial charge is 0.343 e. The minimum atomic E-state index is 0.342. The molecule has 1 aliphatic heterocycles. The molecular formula is C15H30N2O. The van der Waals surface area contributed by atoms with Gasteiger partial charge in [-0.05, 0) is 32.1 Å². The van der Waals surface area contributed by atoms with Crippen LogP contribution in [0, 0.1) is 0 Å². The van der Waals surface area contributed by atoms with E-state index in [0.717, 1.165) is 19.6 Å². The number of carbonyl (C=O) groups is 1. The molecule has 0 atom stereocenters. The third-order valence-electron chi connectivity index (χ3n) is 3.75. The standard InChI is InChI=1S/C15H30N2O/c1-3-8-14(9-4-2)16-11-10-15(18)17-12-6-5-7-13-17/h14,16H,3-13H2,1-2H3. The van der Waals surface area contributed by atoms with Gasteiger partial charge in [0.1, 0.15) is 0 Å². The van der Waals surface area contributed by atoms with E-state index < -0.39 is 0 Å². The van der Waals surface area contributed by atoms with Gasteiger partial charge in [-0.15, -0.1) is 0 Å². The number of nitrogens with zero attached hydrogens (tertiary/aromatic N) is 1. The predicted octanol–water partition coefficient (Wildman–Crippen LogP) is 2.95. The molecule has 0 aliphatic carbocycles. The Kier molecular flexibility index (Phi) is 8.06. The first-order valence-electron chi connectivity index (χ1n) is 7.79. The number of hydrogen-bond acceptors (Lipinski definition) is 2. The highest BCUT2D eigenvalue weighted by molar-refractivity contribution is 5.76. The molecular weight excluding hydrogens is 224 g/mol. The summed E-state index contributed by atoms with van der Waals surface area (Å²) < 4.78 is 0. The molecule has 1 saturated heterocycles. The SMILES string of the molecule is CCCC(CCC)NCCC(=O)N1CCCCC1. The second kappa shape index (κ2) is 9.37. The van der Waals surface area contributed by atoms with Gasteiger partial charge in [-0.25, -0.2) is 0 Å². The molecule has 0 aromatic heterocycles. The van der Waals surface area contributed by atoms with E-state index in [9.17, 15) is 4.79 Å². The molecule has 0 saturated carbocycles. The molecule has 1 heterocycles. The molecule has 1 N–H and O–H groups in total. The van der Waals surface area contributed by atoms with Crippen molar-refractivity contribution in [2.45, 2.75) is 71.3 Å². The van der Waals surface area contributed by atoms with Gasteiger partial charge in [-0.1, -0.05) is 26.7 Å². The fraction of sp³-hybridized carbons (Fsp3) is 0.933. The van der Waals surface area contributed by atoms with Crippen molar-refractivity contribution in [3.05, 3.63) is 0 Å². The van der Waals surface area contributed by atoms with Crippen LogP contribution < -0.4 is 5.32 Å². The number of hydrogen-bond donors (Lipinski definition) is 1. The van der Waals surface area contributed by atoms with Crippen LogP contribution in [0.5, 0.6) is 0 Å². The highest BCUT2D eigenvalue weighted by atomic mass is 16.2. The van der Waals surface area contributed by atoms with Crippen LogP contribution in [0.2, 0.25) is 0 Å². The van der Waals surface area contributed by atoms with Gasteiger partial charge in [0.2, 0.25) is 5.91 Å². The summed E-state index contributed by atoms with van der Waals surface area (Å²) in [5, 5.41) is 3.54. The van der Waals surface area contributed by atoms with Crippen molar-refractivity contribution in [2.24, 2.45) is 0 Å². The van der Waals surface area contributed by atoms with Gasteiger partial charge < -0.3 is 10.2 Å². The molecule has 1 rings (SSSR count). The lowest BCUT2D eigenvalue weighted by Crippen LogP contribution is -2.38. The molecule has 0 bridgehead atoms. The summed E-state index contributed by atoms with van der Waals surface area (Å²) in [4.78, 5) is 14.0. The molecule has 3 heteroatoms. The van der Waals surface area contributed by atoms with Crippen LogP contribution in [0.15, 0.2) is 0 Å². The molecule has 3 nitrogen and oxygen atoms in total. The second-order valence-corrected chi connectivity index (χ2v) is 5.42. The van der Waals surface area contributed by atoms with Gasteiger partial charge in [0.15, 0.2) is 0 Å². The monoisotopic (exact) mass is 254 g/mol. The average molecular weight is 254 g/mol. The summed E-state index contributed by atoms with van der Waals surface area (Å²) in [5.74, 6) is 0.342. The lowest BCUT2D eigenvalue weighted by molar-refractivity contribution is -0.132. The fourth-order valence-corrected chi connectivity index (χ4v) is 2.73. The van der Waals surface area contributed by atoms with Crippen molar-refractivity contribution in [3.63, 3.8) is 0 Å². The Morgan fingerprint density at radius 1 is 1.11 bits per heavy atom. The highest BCUT2D eigenvalue weighted by Gasteiger charge is 2.16. The Hall–Kier alpha value is -0.570. The van der Waals surface area contributed by atoms with E-state index in [2.05, 4.69) is 19.2 Å². The van der Waals surface area contributed by atoms with Crippen molar-refractivity contribution < 1.29 is 4.79 Å².